The van der Waals surface area contributed by atoms with Crippen LogP contribution in [0.25, 0.3) is 0 Å². The molecule has 1 unspecified atom stereocenters. The van der Waals surface area contributed by atoms with Gasteiger partial charge in [0, 0.05) is 22.2 Å². The number of benzene rings is 1. The monoisotopic (exact) mass is 351 g/mol. The lowest BCUT2D eigenvalue weighted by Crippen LogP contribution is -2.24. The summed E-state index contributed by atoms with van der Waals surface area (Å²) in [4.78, 5) is 13.3. The van der Waals surface area contributed by atoms with Gasteiger partial charge in [-0.1, -0.05) is 0 Å². The van der Waals surface area contributed by atoms with Crippen LogP contribution in [-0.4, -0.2) is 18.2 Å². The van der Waals surface area contributed by atoms with Gasteiger partial charge in [-0.2, -0.15) is 12.6 Å². The maximum absolute atomic E-state index is 13.4. The van der Waals surface area contributed by atoms with Crippen molar-refractivity contribution in [2.45, 2.75) is 6.42 Å². The minimum atomic E-state index is -0.278. The second-order valence-electron chi connectivity index (χ2n) is 3.86. The van der Waals surface area contributed by atoms with Crippen LogP contribution in [0.5, 0.6) is 0 Å². The van der Waals surface area contributed by atoms with E-state index in [0.29, 0.717) is 28.0 Å². The fourth-order valence-electron chi connectivity index (χ4n) is 1.81. The topological polar surface area (TPSA) is 20.3 Å². The average Bonchev–Trinajstić information content (AvgIpc) is 2.64. The SMILES string of the molecule is O=C1CC(CS)CN1c1ccc(I)c(F)c1. The normalized spacial score (nSPS) is 20.6. The number of halogens is 2. The number of hydrogen-bond donors (Lipinski definition) is 1. The molecule has 1 aliphatic heterocycles. The molecule has 5 heteroatoms. The number of amides is 1. The summed E-state index contributed by atoms with van der Waals surface area (Å²) in [6.07, 6.45) is 0.511. The van der Waals surface area contributed by atoms with Crippen molar-refractivity contribution in [3.8, 4) is 0 Å². The third kappa shape index (κ3) is 2.34. The first kappa shape index (κ1) is 12.2. The number of anilines is 1. The van der Waals surface area contributed by atoms with Gasteiger partial charge >= 0.3 is 0 Å². The highest BCUT2D eigenvalue weighted by Gasteiger charge is 2.29. The van der Waals surface area contributed by atoms with E-state index in [4.69, 9.17) is 0 Å². The van der Waals surface area contributed by atoms with E-state index in [2.05, 4.69) is 12.6 Å². The lowest BCUT2D eigenvalue weighted by atomic mass is 10.1. The molecule has 86 valence electrons. The van der Waals surface area contributed by atoms with E-state index < -0.39 is 0 Å². The smallest absolute Gasteiger partial charge is 0.227 e. The molecule has 1 atom stereocenters. The van der Waals surface area contributed by atoms with Crippen LogP contribution in [0.2, 0.25) is 0 Å². The molecule has 1 fully saturated rings. The summed E-state index contributed by atoms with van der Waals surface area (Å²) in [5.41, 5.74) is 0.646. The maximum atomic E-state index is 13.4. The van der Waals surface area contributed by atoms with E-state index in [9.17, 15) is 9.18 Å². The van der Waals surface area contributed by atoms with Gasteiger partial charge in [-0.15, -0.1) is 0 Å². The Labute approximate surface area is 113 Å². The van der Waals surface area contributed by atoms with Crippen molar-refractivity contribution in [1.29, 1.82) is 0 Å². The molecule has 1 heterocycles. The number of nitrogens with zero attached hydrogens (tertiary/aromatic N) is 1. The fraction of sp³-hybridized carbons (Fsp3) is 0.364. The third-order valence-corrected chi connectivity index (χ3v) is 4.07. The lowest BCUT2D eigenvalue weighted by molar-refractivity contribution is -0.117. The Hall–Kier alpha value is -0.300. The zero-order valence-electron chi connectivity index (χ0n) is 8.49. The van der Waals surface area contributed by atoms with E-state index in [1.807, 2.05) is 22.6 Å². The first-order valence-corrected chi connectivity index (χ1v) is 6.69. The van der Waals surface area contributed by atoms with Crippen LogP contribution < -0.4 is 4.90 Å². The Morgan fingerprint density at radius 1 is 1.56 bits per heavy atom. The molecule has 0 saturated carbocycles. The molecule has 0 N–H and O–H groups in total. The number of thiol groups is 1. The van der Waals surface area contributed by atoms with Crippen molar-refractivity contribution in [3.05, 3.63) is 27.6 Å². The quantitative estimate of drug-likeness (QED) is 0.642. The predicted molar refractivity (Wildman–Crippen MR) is 73.4 cm³/mol. The molecular formula is C11H11FINOS. The zero-order valence-corrected chi connectivity index (χ0v) is 11.5. The first-order chi connectivity index (χ1) is 7.61. The molecule has 2 nitrogen and oxygen atoms in total. The van der Waals surface area contributed by atoms with Crippen LogP contribution in [0.3, 0.4) is 0 Å². The molecule has 16 heavy (non-hydrogen) atoms. The van der Waals surface area contributed by atoms with Crippen molar-refractivity contribution in [1.82, 2.24) is 0 Å². The molecule has 2 rings (SSSR count). The molecule has 0 aromatic heterocycles. The van der Waals surface area contributed by atoms with Crippen molar-refractivity contribution in [2.75, 3.05) is 17.2 Å². The van der Waals surface area contributed by atoms with Crippen molar-refractivity contribution >= 4 is 46.8 Å². The van der Waals surface area contributed by atoms with E-state index in [1.54, 1.807) is 17.0 Å². The van der Waals surface area contributed by atoms with E-state index in [1.165, 1.54) is 6.07 Å². The van der Waals surface area contributed by atoms with Crippen LogP contribution in [0.15, 0.2) is 18.2 Å². The number of carbonyl (C=O) groups is 1. The molecule has 0 aliphatic carbocycles. The zero-order chi connectivity index (χ0) is 11.7. The summed E-state index contributed by atoms with van der Waals surface area (Å²) in [6.45, 7) is 0.641. The summed E-state index contributed by atoms with van der Waals surface area (Å²) < 4.78 is 13.9. The highest BCUT2D eigenvalue weighted by Crippen LogP contribution is 2.27. The molecule has 0 spiro atoms. The molecule has 0 radical (unpaired) electrons. The van der Waals surface area contributed by atoms with E-state index in [0.717, 1.165) is 0 Å². The van der Waals surface area contributed by atoms with Crippen LogP contribution in [0.4, 0.5) is 10.1 Å². The molecule has 1 aromatic carbocycles. The minimum Gasteiger partial charge on any atom is -0.312 e. The Kier molecular flexibility index (Phi) is 3.73. The summed E-state index contributed by atoms with van der Waals surface area (Å²) in [5, 5.41) is 0. The van der Waals surface area contributed by atoms with Crippen molar-refractivity contribution in [2.24, 2.45) is 5.92 Å². The second-order valence-corrected chi connectivity index (χ2v) is 5.38. The van der Waals surface area contributed by atoms with Gasteiger partial charge < -0.3 is 4.90 Å². The van der Waals surface area contributed by atoms with Gasteiger partial charge in [0.2, 0.25) is 5.91 Å². The Morgan fingerprint density at radius 2 is 2.31 bits per heavy atom. The van der Waals surface area contributed by atoms with Gasteiger partial charge in [-0.25, -0.2) is 4.39 Å². The summed E-state index contributed by atoms with van der Waals surface area (Å²) in [5.74, 6) is 0.743. The maximum Gasteiger partial charge on any atom is 0.227 e. The van der Waals surface area contributed by atoms with Crippen LogP contribution in [0, 0.1) is 15.3 Å². The Balaban J connectivity index is 2.24. The second kappa shape index (κ2) is 4.91. The molecule has 1 saturated heterocycles. The number of rotatable bonds is 2. The standard InChI is InChI=1S/C11H11FINOS/c12-9-4-8(1-2-10(9)13)14-5-7(6-16)3-11(14)15/h1-2,4,7,16H,3,5-6H2. The van der Waals surface area contributed by atoms with Gasteiger partial charge in [0.05, 0.1) is 0 Å². The van der Waals surface area contributed by atoms with Crippen molar-refractivity contribution < 1.29 is 9.18 Å². The summed E-state index contributed by atoms with van der Waals surface area (Å²) >= 11 is 6.12. The van der Waals surface area contributed by atoms with Crippen LogP contribution in [-0.2, 0) is 4.79 Å². The Bertz CT molecular complexity index is 426. The van der Waals surface area contributed by atoms with Gasteiger partial charge in [-0.05, 0) is 52.5 Å². The van der Waals surface area contributed by atoms with Crippen molar-refractivity contribution in [3.63, 3.8) is 0 Å². The first-order valence-electron chi connectivity index (χ1n) is 4.98. The predicted octanol–water partition coefficient (Wildman–Crippen LogP) is 2.71. The summed E-state index contributed by atoms with van der Waals surface area (Å²) in [6, 6.07) is 4.89. The van der Waals surface area contributed by atoms with Gasteiger partial charge in [0.1, 0.15) is 5.82 Å². The lowest BCUT2D eigenvalue weighted by Gasteiger charge is -2.16. The molecule has 0 bridgehead atoms. The largest absolute Gasteiger partial charge is 0.312 e. The number of carbonyl (C=O) groups excluding carboxylic acids is 1. The van der Waals surface area contributed by atoms with Crippen LogP contribution in [0.1, 0.15) is 6.42 Å². The molecular weight excluding hydrogens is 340 g/mol. The van der Waals surface area contributed by atoms with Crippen LogP contribution >= 0.6 is 35.2 Å². The van der Waals surface area contributed by atoms with E-state index >= 15 is 0 Å². The molecule has 1 aromatic rings. The molecule has 1 amide bonds. The average molecular weight is 351 g/mol. The highest BCUT2D eigenvalue weighted by atomic mass is 127. The fourth-order valence-corrected chi connectivity index (χ4v) is 2.39. The molecule has 1 aliphatic rings. The van der Waals surface area contributed by atoms with Gasteiger partial charge in [0.15, 0.2) is 0 Å². The number of hydrogen-bond acceptors (Lipinski definition) is 2. The van der Waals surface area contributed by atoms with Gasteiger partial charge in [0.25, 0.3) is 0 Å². The highest BCUT2D eigenvalue weighted by molar-refractivity contribution is 14.1. The van der Waals surface area contributed by atoms with E-state index in [-0.39, 0.29) is 17.6 Å². The third-order valence-electron chi connectivity index (χ3n) is 2.68. The Morgan fingerprint density at radius 3 is 2.88 bits per heavy atom. The minimum absolute atomic E-state index is 0.0552. The van der Waals surface area contributed by atoms with Gasteiger partial charge in [-0.3, -0.25) is 4.79 Å². The summed E-state index contributed by atoms with van der Waals surface area (Å²) in [7, 11) is 0.